The van der Waals surface area contributed by atoms with E-state index in [1.54, 1.807) is 21.0 Å². The fraction of sp³-hybridized carbons (Fsp3) is 0.929. The first-order valence-corrected chi connectivity index (χ1v) is 6.70. The second-order valence-electron chi connectivity index (χ2n) is 5.25. The van der Waals surface area contributed by atoms with E-state index in [1.807, 2.05) is 20.8 Å². The molecule has 0 aliphatic carbocycles. The molecule has 0 rings (SSSR count). The smallest absolute Gasteiger partial charge is 0.143 e. The second-order valence-corrected chi connectivity index (χ2v) is 5.25. The van der Waals surface area contributed by atoms with Crippen molar-refractivity contribution < 1.29 is 19.7 Å². The van der Waals surface area contributed by atoms with E-state index >= 15 is 0 Å². The Morgan fingerprint density at radius 2 is 1.61 bits per heavy atom. The molecular weight excluding hydrogens is 232 g/mol. The molecular formula is C14H28O4. The number of carbonyl (C=O) groups excluding carboxylic acids is 1. The first-order valence-electron chi connectivity index (χ1n) is 6.70. The Balaban J connectivity index is 4.63. The van der Waals surface area contributed by atoms with Crippen LogP contribution < -0.4 is 0 Å². The van der Waals surface area contributed by atoms with Crippen molar-refractivity contribution in [1.29, 1.82) is 0 Å². The van der Waals surface area contributed by atoms with E-state index in [0.29, 0.717) is 6.42 Å². The number of ether oxygens (including phenoxy) is 1. The Labute approximate surface area is 110 Å². The third kappa shape index (κ3) is 4.34. The molecule has 4 nitrogen and oxygen atoms in total. The highest BCUT2D eigenvalue weighted by Gasteiger charge is 2.33. The van der Waals surface area contributed by atoms with Gasteiger partial charge in [-0.05, 0) is 13.3 Å². The Hall–Kier alpha value is -0.450. The van der Waals surface area contributed by atoms with Gasteiger partial charge in [-0.15, -0.1) is 0 Å². The topological polar surface area (TPSA) is 66.8 Å². The summed E-state index contributed by atoms with van der Waals surface area (Å²) in [4.78, 5) is 12.1. The lowest BCUT2D eigenvalue weighted by Gasteiger charge is -2.30. The zero-order valence-electron chi connectivity index (χ0n) is 12.4. The van der Waals surface area contributed by atoms with E-state index in [1.165, 1.54) is 0 Å². The Kier molecular flexibility index (Phi) is 7.67. The van der Waals surface area contributed by atoms with Crippen LogP contribution in [0.4, 0.5) is 0 Å². The summed E-state index contributed by atoms with van der Waals surface area (Å²) < 4.78 is 5.17. The lowest BCUT2D eigenvalue weighted by Crippen LogP contribution is -2.40. The van der Waals surface area contributed by atoms with Gasteiger partial charge >= 0.3 is 0 Å². The van der Waals surface area contributed by atoms with Crippen molar-refractivity contribution in [2.24, 2.45) is 17.8 Å². The van der Waals surface area contributed by atoms with Crippen LogP contribution in [-0.2, 0) is 9.53 Å². The molecule has 0 bridgehead atoms. The number of hydrogen-bond donors (Lipinski definition) is 2. The van der Waals surface area contributed by atoms with Gasteiger partial charge in [-0.2, -0.15) is 0 Å². The highest BCUT2D eigenvalue weighted by atomic mass is 16.5. The lowest BCUT2D eigenvalue weighted by molar-refractivity contribution is -0.135. The molecule has 0 aromatic rings. The van der Waals surface area contributed by atoms with Gasteiger partial charge in [0.05, 0.1) is 18.3 Å². The minimum Gasteiger partial charge on any atom is -0.392 e. The summed E-state index contributed by atoms with van der Waals surface area (Å²) in [7, 11) is 1.59. The van der Waals surface area contributed by atoms with Crippen LogP contribution in [0.2, 0.25) is 0 Å². The van der Waals surface area contributed by atoms with Crippen LogP contribution in [-0.4, -0.2) is 41.4 Å². The molecule has 108 valence electrons. The van der Waals surface area contributed by atoms with Crippen LogP contribution in [0, 0.1) is 17.8 Å². The summed E-state index contributed by atoms with van der Waals surface area (Å²) in [5.74, 6) is -1.15. The molecule has 0 spiro atoms. The summed E-state index contributed by atoms with van der Waals surface area (Å²) >= 11 is 0. The van der Waals surface area contributed by atoms with Gasteiger partial charge in [0.25, 0.3) is 0 Å². The molecule has 18 heavy (non-hydrogen) atoms. The van der Waals surface area contributed by atoms with Crippen molar-refractivity contribution >= 4 is 5.78 Å². The molecule has 0 aliphatic heterocycles. The molecule has 0 unspecified atom stereocenters. The maximum Gasteiger partial charge on any atom is 0.143 e. The van der Waals surface area contributed by atoms with Crippen molar-refractivity contribution in [2.75, 3.05) is 7.11 Å². The van der Waals surface area contributed by atoms with Crippen LogP contribution in [0.3, 0.4) is 0 Å². The van der Waals surface area contributed by atoms with Gasteiger partial charge < -0.3 is 14.9 Å². The van der Waals surface area contributed by atoms with Crippen LogP contribution in [0.15, 0.2) is 0 Å². The van der Waals surface area contributed by atoms with Gasteiger partial charge in [0.2, 0.25) is 0 Å². The number of ketones is 1. The molecule has 2 N–H and O–H groups in total. The molecule has 6 atom stereocenters. The van der Waals surface area contributed by atoms with Gasteiger partial charge in [0.15, 0.2) is 0 Å². The van der Waals surface area contributed by atoms with Gasteiger partial charge in [-0.25, -0.2) is 0 Å². The highest BCUT2D eigenvalue weighted by molar-refractivity contribution is 5.83. The molecule has 0 aromatic heterocycles. The Bertz CT molecular complexity index is 254. The average Bonchev–Trinajstić information content (AvgIpc) is 2.40. The predicted octanol–water partition coefficient (Wildman–Crippen LogP) is 1.63. The van der Waals surface area contributed by atoms with Gasteiger partial charge in [-0.3, -0.25) is 4.79 Å². The number of rotatable bonds is 8. The SMILES string of the molecule is CC[C@@H](O)[C@@H](C)C(=O)[C@H](C)[C@H](O)[C@@H](C)[C@H](C)OC. The number of Topliss-reactive ketones (excluding diaryl/α,β-unsaturated/α-hetero) is 1. The van der Waals surface area contributed by atoms with E-state index in [2.05, 4.69) is 0 Å². The summed E-state index contributed by atoms with van der Waals surface area (Å²) in [6, 6.07) is 0. The molecule has 0 saturated carbocycles. The zero-order chi connectivity index (χ0) is 14.5. The third-order valence-electron chi connectivity index (χ3n) is 4.06. The first kappa shape index (κ1) is 17.6. The number of carbonyl (C=O) groups is 1. The number of methoxy groups -OCH3 is 1. The molecule has 0 saturated heterocycles. The molecule has 4 heteroatoms. The standard InChI is InChI=1S/C14H28O4/c1-7-12(15)9(3)14(17)10(4)13(16)8(2)11(5)18-6/h8-13,15-16H,7H2,1-6H3/t8-,9+,10+,11-,12+,13+/m0/s1. The van der Waals surface area contributed by atoms with Gasteiger partial charge in [0.1, 0.15) is 5.78 Å². The normalized spacial score (nSPS) is 21.8. The van der Waals surface area contributed by atoms with Crippen molar-refractivity contribution in [1.82, 2.24) is 0 Å². The predicted molar refractivity (Wildman–Crippen MR) is 71.3 cm³/mol. The molecule has 0 radical (unpaired) electrons. The van der Waals surface area contributed by atoms with Gasteiger partial charge in [0, 0.05) is 24.9 Å². The average molecular weight is 260 g/mol. The van der Waals surface area contributed by atoms with Crippen molar-refractivity contribution in [2.45, 2.75) is 59.4 Å². The van der Waals surface area contributed by atoms with Crippen LogP contribution in [0.5, 0.6) is 0 Å². The first-order chi connectivity index (χ1) is 8.27. The Morgan fingerprint density at radius 1 is 1.11 bits per heavy atom. The van der Waals surface area contributed by atoms with E-state index in [0.717, 1.165) is 0 Å². The number of aliphatic hydroxyl groups is 2. The van der Waals surface area contributed by atoms with E-state index in [9.17, 15) is 15.0 Å². The minimum atomic E-state index is -0.751. The van der Waals surface area contributed by atoms with Crippen molar-refractivity contribution in [3.05, 3.63) is 0 Å². The number of aliphatic hydroxyl groups excluding tert-OH is 2. The monoisotopic (exact) mass is 260 g/mol. The number of hydrogen-bond acceptors (Lipinski definition) is 4. The molecule has 0 amide bonds. The molecule has 0 heterocycles. The van der Waals surface area contributed by atoms with E-state index < -0.39 is 24.0 Å². The quantitative estimate of drug-likeness (QED) is 0.696. The maximum absolute atomic E-state index is 12.1. The second kappa shape index (κ2) is 7.87. The minimum absolute atomic E-state index is 0.0907. The summed E-state index contributed by atoms with van der Waals surface area (Å²) in [5.41, 5.74) is 0. The van der Waals surface area contributed by atoms with Crippen molar-refractivity contribution in [3.8, 4) is 0 Å². The molecule has 0 aliphatic rings. The maximum atomic E-state index is 12.1. The molecule has 0 fully saturated rings. The van der Waals surface area contributed by atoms with Crippen LogP contribution >= 0.6 is 0 Å². The fourth-order valence-electron chi connectivity index (χ4n) is 2.07. The fourth-order valence-corrected chi connectivity index (χ4v) is 2.07. The largest absolute Gasteiger partial charge is 0.392 e. The van der Waals surface area contributed by atoms with Crippen LogP contribution in [0.25, 0.3) is 0 Å². The third-order valence-corrected chi connectivity index (χ3v) is 4.06. The lowest BCUT2D eigenvalue weighted by atomic mass is 9.82. The van der Waals surface area contributed by atoms with Crippen LogP contribution in [0.1, 0.15) is 41.0 Å². The van der Waals surface area contributed by atoms with E-state index in [-0.39, 0.29) is 17.8 Å². The summed E-state index contributed by atoms with van der Waals surface area (Å²) in [6.45, 7) is 9.00. The van der Waals surface area contributed by atoms with Crippen molar-refractivity contribution in [3.63, 3.8) is 0 Å². The van der Waals surface area contributed by atoms with E-state index in [4.69, 9.17) is 4.74 Å². The highest BCUT2D eigenvalue weighted by Crippen LogP contribution is 2.23. The van der Waals surface area contributed by atoms with Gasteiger partial charge in [-0.1, -0.05) is 27.7 Å². The molecule has 0 aromatic carbocycles. The Morgan fingerprint density at radius 3 is 2.00 bits per heavy atom. The summed E-state index contributed by atoms with van der Waals surface area (Å²) in [6.07, 6.45) is -0.956. The summed E-state index contributed by atoms with van der Waals surface area (Å²) in [5, 5.41) is 19.9. The zero-order valence-corrected chi connectivity index (χ0v) is 12.4.